The van der Waals surface area contributed by atoms with Crippen LogP contribution >= 0.6 is 0 Å². The molecule has 0 spiro atoms. The van der Waals surface area contributed by atoms with E-state index in [0.29, 0.717) is 22.7 Å². The monoisotopic (exact) mass is 347 g/mol. The number of carbonyl (C=O) groups excluding carboxylic acids is 2. The topological polar surface area (TPSA) is 64.6 Å². The zero-order valence-electron chi connectivity index (χ0n) is 14.1. The number of carbonyl (C=O) groups is 2. The Balaban J connectivity index is 1.61. The number of hydrogen-bond donors (Lipinski definition) is 1. The lowest BCUT2D eigenvalue weighted by molar-refractivity contribution is -0.114. The lowest BCUT2D eigenvalue weighted by atomic mass is 10.2. The third-order valence-corrected chi connectivity index (χ3v) is 3.45. The van der Waals surface area contributed by atoms with Crippen molar-refractivity contribution >= 4 is 17.6 Å². The van der Waals surface area contributed by atoms with E-state index < -0.39 is 5.97 Å². The van der Waals surface area contributed by atoms with Gasteiger partial charge in [0.25, 0.3) is 0 Å². The first-order valence-corrected chi connectivity index (χ1v) is 8.03. The molecule has 3 rings (SSSR count). The van der Waals surface area contributed by atoms with Crippen LogP contribution in [-0.4, -0.2) is 11.9 Å². The van der Waals surface area contributed by atoms with Gasteiger partial charge in [-0.1, -0.05) is 18.2 Å². The fourth-order valence-electron chi connectivity index (χ4n) is 2.26. The summed E-state index contributed by atoms with van der Waals surface area (Å²) < 4.78 is 11.0. The summed E-state index contributed by atoms with van der Waals surface area (Å²) in [5.74, 6) is 1.16. The van der Waals surface area contributed by atoms with Crippen LogP contribution < -0.4 is 14.8 Å². The van der Waals surface area contributed by atoms with Gasteiger partial charge in [0.05, 0.1) is 5.56 Å². The summed E-state index contributed by atoms with van der Waals surface area (Å²) in [7, 11) is 0. The van der Waals surface area contributed by atoms with E-state index in [9.17, 15) is 9.59 Å². The molecule has 1 amide bonds. The van der Waals surface area contributed by atoms with Crippen LogP contribution in [0.5, 0.6) is 17.2 Å². The summed E-state index contributed by atoms with van der Waals surface area (Å²) in [5, 5.41) is 2.64. The molecule has 0 bridgehead atoms. The zero-order chi connectivity index (χ0) is 18.4. The van der Waals surface area contributed by atoms with Gasteiger partial charge >= 0.3 is 5.97 Å². The average molecular weight is 347 g/mol. The van der Waals surface area contributed by atoms with Gasteiger partial charge in [-0.15, -0.1) is 0 Å². The van der Waals surface area contributed by atoms with E-state index >= 15 is 0 Å². The van der Waals surface area contributed by atoms with E-state index in [1.807, 2.05) is 30.3 Å². The minimum absolute atomic E-state index is 0.168. The fourth-order valence-corrected chi connectivity index (χ4v) is 2.26. The predicted octanol–water partition coefficient (Wildman–Crippen LogP) is 4.66. The van der Waals surface area contributed by atoms with Gasteiger partial charge < -0.3 is 14.8 Å². The molecular weight excluding hydrogens is 330 g/mol. The molecule has 0 fully saturated rings. The Morgan fingerprint density at radius 2 is 1.31 bits per heavy atom. The lowest BCUT2D eigenvalue weighted by Crippen LogP contribution is -2.09. The van der Waals surface area contributed by atoms with E-state index in [4.69, 9.17) is 9.47 Å². The van der Waals surface area contributed by atoms with Crippen molar-refractivity contribution in [3.63, 3.8) is 0 Å². The lowest BCUT2D eigenvalue weighted by Gasteiger charge is -2.08. The molecule has 5 nitrogen and oxygen atoms in total. The molecule has 0 aliphatic rings. The molecular formula is C21H17NO4. The van der Waals surface area contributed by atoms with Crippen LogP contribution in [0.4, 0.5) is 5.69 Å². The smallest absolute Gasteiger partial charge is 0.343 e. The van der Waals surface area contributed by atoms with E-state index in [0.717, 1.165) is 5.75 Å². The van der Waals surface area contributed by atoms with Crippen molar-refractivity contribution < 1.29 is 19.1 Å². The second kappa shape index (κ2) is 7.98. The largest absolute Gasteiger partial charge is 0.457 e. The molecule has 0 radical (unpaired) electrons. The Bertz CT molecular complexity index is 888. The normalized spacial score (nSPS) is 10.0. The summed E-state index contributed by atoms with van der Waals surface area (Å²) >= 11 is 0. The first-order valence-electron chi connectivity index (χ1n) is 8.03. The van der Waals surface area contributed by atoms with Crippen molar-refractivity contribution in [2.24, 2.45) is 0 Å². The molecule has 26 heavy (non-hydrogen) atoms. The minimum atomic E-state index is -0.476. The Labute approximate surface area is 151 Å². The van der Waals surface area contributed by atoms with Crippen molar-refractivity contribution in [2.75, 3.05) is 5.32 Å². The average Bonchev–Trinajstić information content (AvgIpc) is 2.64. The highest BCUT2D eigenvalue weighted by Gasteiger charge is 2.09. The summed E-state index contributed by atoms with van der Waals surface area (Å²) in [6, 6.07) is 22.7. The van der Waals surface area contributed by atoms with Crippen LogP contribution in [0.1, 0.15) is 17.3 Å². The predicted molar refractivity (Wildman–Crippen MR) is 98.7 cm³/mol. The molecule has 0 saturated carbocycles. The van der Waals surface area contributed by atoms with Crippen molar-refractivity contribution in [2.45, 2.75) is 6.92 Å². The number of para-hydroxylation sites is 1. The Morgan fingerprint density at radius 1 is 0.731 bits per heavy atom. The zero-order valence-corrected chi connectivity index (χ0v) is 14.1. The summed E-state index contributed by atoms with van der Waals surface area (Å²) in [6.45, 7) is 1.42. The van der Waals surface area contributed by atoms with Crippen molar-refractivity contribution in [1.29, 1.82) is 0 Å². The first-order chi connectivity index (χ1) is 12.6. The third-order valence-electron chi connectivity index (χ3n) is 3.45. The molecule has 3 aromatic carbocycles. The number of anilines is 1. The van der Waals surface area contributed by atoms with Gasteiger partial charge in [-0.05, 0) is 60.7 Å². The van der Waals surface area contributed by atoms with Gasteiger partial charge in [0.2, 0.25) is 5.91 Å². The minimum Gasteiger partial charge on any atom is -0.457 e. The maximum atomic E-state index is 12.2. The molecule has 0 saturated heterocycles. The number of hydrogen-bond acceptors (Lipinski definition) is 4. The van der Waals surface area contributed by atoms with E-state index in [1.165, 1.54) is 6.92 Å². The highest BCUT2D eigenvalue weighted by Crippen LogP contribution is 2.24. The summed E-state index contributed by atoms with van der Waals surface area (Å²) in [5.41, 5.74) is 1.01. The molecule has 0 unspecified atom stereocenters. The standard InChI is InChI=1S/C21H17NO4/c1-15(23)22-17-9-7-16(8-10-17)21(24)26-20-13-11-19(12-14-20)25-18-5-3-2-4-6-18/h2-14H,1H3,(H,22,23). The Morgan fingerprint density at radius 3 is 1.92 bits per heavy atom. The molecule has 1 N–H and O–H groups in total. The molecule has 130 valence electrons. The Hall–Kier alpha value is -3.60. The van der Waals surface area contributed by atoms with Crippen LogP contribution in [-0.2, 0) is 4.79 Å². The number of benzene rings is 3. The van der Waals surface area contributed by atoms with Gasteiger partial charge in [0.15, 0.2) is 0 Å². The number of amides is 1. The molecule has 0 heterocycles. The Kier molecular flexibility index (Phi) is 5.29. The molecule has 0 aromatic heterocycles. The molecule has 5 heteroatoms. The van der Waals surface area contributed by atoms with Crippen LogP contribution in [0.3, 0.4) is 0 Å². The maximum Gasteiger partial charge on any atom is 0.343 e. The van der Waals surface area contributed by atoms with Crippen LogP contribution in [0.15, 0.2) is 78.9 Å². The van der Waals surface area contributed by atoms with Crippen molar-refractivity contribution in [1.82, 2.24) is 0 Å². The van der Waals surface area contributed by atoms with Gasteiger partial charge in [0.1, 0.15) is 17.2 Å². The van der Waals surface area contributed by atoms with E-state index in [1.54, 1.807) is 48.5 Å². The van der Waals surface area contributed by atoms with Crippen LogP contribution in [0.25, 0.3) is 0 Å². The molecule has 0 atom stereocenters. The van der Waals surface area contributed by atoms with Crippen molar-refractivity contribution in [3.8, 4) is 17.2 Å². The van der Waals surface area contributed by atoms with Crippen LogP contribution in [0.2, 0.25) is 0 Å². The maximum absolute atomic E-state index is 12.2. The van der Waals surface area contributed by atoms with E-state index in [2.05, 4.69) is 5.32 Å². The number of ether oxygens (including phenoxy) is 2. The van der Waals surface area contributed by atoms with Gasteiger partial charge in [0, 0.05) is 12.6 Å². The quantitative estimate of drug-likeness (QED) is 0.539. The van der Waals surface area contributed by atoms with E-state index in [-0.39, 0.29) is 5.91 Å². The number of rotatable bonds is 5. The summed E-state index contributed by atoms with van der Waals surface area (Å²) in [4.78, 5) is 23.2. The molecule has 0 aliphatic heterocycles. The molecule has 0 aliphatic carbocycles. The number of esters is 1. The highest BCUT2D eigenvalue weighted by atomic mass is 16.5. The second-order valence-electron chi connectivity index (χ2n) is 5.53. The SMILES string of the molecule is CC(=O)Nc1ccc(C(=O)Oc2ccc(Oc3ccccc3)cc2)cc1. The van der Waals surface area contributed by atoms with Gasteiger partial charge in [-0.25, -0.2) is 4.79 Å². The van der Waals surface area contributed by atoms with Gasteiger partial charge in [-0.2, -0.15) is 0 Å². The van der Waals surface area contributed by atoms with Crippen molar-refractivity contribution in [3.05, 3.63) is 84.4 Å². The first kappa shape index (κ1) is 17.2. The molecule has 3 aromatic rings. The highest BCUT2D eigenvalue weighted by molar-refractivity contribution is 5.93. The number of nitrogens with one attached hydrogen (secondary N) is 1. The second-order valence-corrected chi connectivity index (χ2v) is 5.53. The summed E-state index contributed by atoms with van der Waals surface area (Å²) in [6.07, 6.45) is 0. The third kappa shape index (κ3) is 4.70. The van der Waals surface area contributed by atoms with Gasteiger partial charge in [-0.3, -0.25) is 4.79 Å². The fraction of sp³-hybridized carbons (Fsp3) is 0.0476. The van der Waals surface area contributed by atoms with Crippen LogP contribution in [0, 0.1) is 0 Å².